The number of rotatable bonds is 11. The van der Waals surface area contributed by atoms with Gasteiger partial charge in [0, 0.05) is 26.7 Å². The first-order chi connectivity index (χ1) is 11.3. The summed E-state index contributed by atoms with van der Waals surface area (Å²) in [4.78, 5) is 45.5. The lowest BCUT2D eigenvalue weighted by molar-refractivity contribution is -0.190. The van der Waals surface area contributed by atoms with Crippen LogP contribution in [0.15, 0.2) is 0 Å². The zero-order valence-corrected chi connectivity index (χ0v) is 14.7. The van der Waals surface area contributed by atoms with Gasteiger partial charge in [-0.05, 0) is 12.8 Å². The van der Waals surface area contributed by atoms with Gasteiger partial charge < -0.3 is 18.9 Å². The van der Waals surface area contributed by atoms with Gasteiger partial charge in [0.1, 0.15) is 0 Å². The highest BCUT2D eigenvalue weighted by molar-refractivity contribution is 5.78. The fourth-order valence-electron chi connectivity index (χ4n) is 1.64. The maximum absolute atomic E-state index is 11.5. The zero-order chi connectivity index (χ0) is 18.5. The van der Waals surface area contributed by atoms with Crippen molar-refractivity contribution in [2.45, 2.75) is 78.8 Å². The molecule has 0 aliphatic rings. The fraction of sp³-hybridized carbons (Fsp3) is 0.750. The first kappa shape index (κ1) is 21.9. The molecule has 0 N–H and O–H groups in total. The molecule has 0 aliphatic carbocycles. The van der Waals surface area contributed by atoms with Crippen LogP contribution in [0, 0.1) is 0 Å². The summed E-state index contributed by atoms with van der Waals surface area (Å²) in [5.74, 6) is -2.31. The number of esters is 4. The van der Waals surface area contributed by atoms with E-state index in [4.69, 9.17) is 18.9 Å². The highest BCUT2D eigenvalue weighted by Crippen LogP contribution is 2.05. The van der Waals surface area contributed by atoms with Gasteiger partial charge in [0.2, 0.25) is 12.6 Å². The molecule has 0 aromatic carbocycles. The van der Waals surface area contributed by atoms with Crippen molar-refractivity contribution in [1.29, 1.82) is 0 Å². The summed E-state index contributed by atoms with van der Waals surface area (Å²) < 4.78 is 19.4. The Morgan fingerprint density at radius 3 is 1.08 bits per heavy atom. The first-order valence-electron chi connectivity index (χ1n) is 8.06. The van der Waals surface area contributed by atoms with Crippen molar-refractivity contribution < 1.29 is 38.1 Å². The van der Waals surface area contributed by atoms with E-state index in [1.54, 1.807) is 0 Å². The summed E-state index contributed by atoms with van der Waals surface area (Å²) >= 11 is 0. The average Bonchev–Trinajstić information content (AvgIpc) is 2.45. The Labute approximate surface area is 141 Å². The Bertz CT molecular complexity index is 392. The predicted molar refractivity (Wildman–Crippen MR) is 82.3 cm³/mol. The van der Waals surface area contributed by atoms with Crippen LogP contribution in [0.5, 0.6) is 0 Å². The zero-order valence-electron chi connectivity index (χ0n) is 14.7. The molecule has 0 radical (unpaired) electrons. The summed E-state index contributed by atoms with van der Waals surface area (Å²) in [5, 5.41) is 0. The molecule has 0 bridgehead atoms. The molecule has 0 amide bonds. The van der Waals surface area contributed by atoms with Crippen LogP contribution < -0.4 is 0 Å². The molecule has 0 unspecified atom stereocenters. The molecule has 0 rings (SSSR count). The Hall–Kier alpha value is -2.12. The Morgan fingerprint density at radius 1 is 0.583 bits per heavy atom. The van der Waals surface area contributed by atoms with Crippen LogP contribution in [0.25, 0.3) is 0 Å². The number of carbonyl (C=O) groups excluding carboxylic acids is 4. The Morgan fingerprint density at radius 2 is 0.833 bits per heavy atom. The molecule has 138 valence electrons. The number of hydrogen-bond donors (Lipinski definition) is 0. The third-order valence-corrected chi connectivity index (χ3v) is 2.63. The molecular weight excluding hydrogens is 320 g/mol. The minimum Gasteiger partial charge on any atom is -0.425 e. The van der Waals surface area contributed by atoms with Gasteiger partial charge in [0.15, 0.2) is 0 Å². The monoisotopic (exact) mass is 346 g/mol. The quantitative estimate of drug-likeness (QED) is 0.414. The molecule has 0 saturated carbocycles. The van der Waals surface area contributed by atoms with Crippen molar-refractivity contribution in [3.05, 3.63) is 0 Å². The molecule has 8 heteroatoms. The van der Waals surface area contributed by atoms with Crippen LogP contribution in [0.3, 0.4) is 0 Å². The van der Waals surface area contributed by atoms with Crippen molar-refractivity contribution in [3.8, 4) is 0 Å². The lowest BCUT2D eigenvalue weighted by Crippen LogP contribution is -2.24. The van der Waals surface area contributed by atoms with Crippen molar-refractivity contribution in [2.24, 2.45) is 0 Å². The van der Waals surface area contributed by atoms with E-state index >= 15 is 0 Å². The van der Waals surface area contributed by atoms with Crippen LogP contribution >= 0.6 is 0 Å². The Balaban J connectivity index is 3.98. The minimum absolute atomic E-state index is 0.232. The maximum atomic E-state index is 11.5. The number of ether oxygens (including phenoxy) is 4. The fourth-order valence-corrected chi connectivity index (χ4v) is 1.64. The van der Waals surface area contributed by atoms with Crippen LogP contribution in [-0.4, -0.2) is 36.5 Å². The highest BCUT2D eigenvalue weighted by atomic mass is 16.7. The summed E-state index contributed by atoms with van der Waals surface area (Å²) in [7, 11) is 0. The molecule has 24 heavy (non-hydrogen) atoms. The molecule has 0 fully saturated rings. The molecule has 0 heterocycles. The first-order valence-corrected chi connectivity index (χ1v) is 8.06. The van der Waals surface area contributed by atoms with Crippen molar-refractivity contribution in [2.75, 3.05) is 0 Å². The van der Waals surface area contributed by atoms with Gasteiger partial charge in [0.05, 0.1) is 12.8 Å². The third kappa shape index (κ3) is 11.4. The van der Waals surface area contributed by atoms with Crippen LogP contribution in [0.4, 0.5) is 0 Å². The molecule has 0 saturated heterocycles. The van der Waals surface area contributed by atoms with Crippen LogP contribution in [-0.2, 0) is 38.1 Å². The lowest BCUT2D eigenvalue weighted by Gasteiger charge is -2.15. The van der Waals surface area contributed by atoms with Gasteiger partial charge in [-0.1, -0.05) is 13.8 Å². The number of carbonyl (C=O) groups is 4. The van der Waals surface area contributed by atoms with E-state index in [9.17, 15) is 19.2 Å². The SMILES string of the molecule is CCCC(=O)O[C@@H](C)OC(=O)CCC(=O)O[C@H](C)OC(=O)CCC. The second-order valence-corrected chi connectivity index (χ2v) is 5.09. The van der Waals surface area contributed by atoms with E-state index in [0.717, 1.165) is 0 Å². The van der Waals surface area contributed by atoms with Crippen LogP contribution in [0.2, 0.25) is 0 Å². The van der Waals surface area contributed by atoms with E-state index in [2.05, 4.69) is 0 Å². The summed E-state index contributed by atoms with van der Waals surface area (Å²) in [6.07, 6.45) is -0.749. The normalized spacial score (nSPS) is 12.7. The van der Waals surface area contributed by atoms with Crippen molar-refractivity contribution in [1.82, 2.24) is 0 Å². The smallest absolute Gasteiger partial charge is 0.309 e. The van der Waals surface area contributed by atoms with Gasteiger partial charge in [0.25, 0.3) is 0 Å². The third-order valence-electron chi connectivity index (χ3n) is 2.63. The topological polar surface area (TPSA) is 105 Å². The summed E-state index contributed by atoms with van der Waals surface area (Å²) in [6.45, 7) is 6.48. The standard InChI is InChI=1S/C16H26O8/c1-5-7-13(17)21-11(3)23-15(19)9-10-16(20)24-12(4)22-14(18)8-6-2/h11-12H,5-10H2,1-4H3/t11-,12-/m1/s1. The van der Waals surface area contributed by atoms with Gasteiger partial charge in [-0.25, -0.2) is 0 Å². The van der Waals surface area contributed by atoms with E-state index in [0.29, 0.717) is 12.8 Å². The molecule has 0 spiro atoms. The predicted octanol–water partition coefficient (Wildman–Crippen LogP) is 2.23. The number of hydrogen-bond acceptors (Lipinski definition) is 8. The molecule has 0 aliphatic heterocycles. The van der Waals surface area contributed by atoms with E-state index < -0.39 is 36.5 Å². The van der Waals surface area contributed by atoms with E-state index in [1.807, 2.05) is 13.8 Å². The van der Waals surface area contributed by atoms with Crippen LogP contribution in [0.1, 0.15) is 66.2 Å². The van der Waals surface area contributed by atoms with Crippen molar-refractivity contribution >= 4 is 23.9 Å². The second-order valence-electron chi connectivity index (χ2n) is 5.09. The van der Waals surface area contributed by atoms with Gasteiger partial charge in [-0.15, -0.1) is 0 Å². The average molecular weight is 346 g/mol. The second kappa shape index (κ2) is 12.3. The van der Waals surface area contributed by atoms with Crippen molar-refractivity contribution in [3.63, 3.8) is 0 Å². The molecule has 0 aromatic heterocycles. The summed E-state index contributed by atoms with van der Waals surface area (Å²) in [5.41, 5.74) is 0. The van der Waals surface area contributed by atoms with Gasteiger partial charge in [-0.3, -0.25) is 19.2 Å². The highest BCUT2D eigenvalue weighted by Gasteiger charge is 2.17. The lowest BCUT2D eigenvalue weighted by atomic mass is 10.3. The minimum atomic E-state index is -1.01. The van der Waals surface area contributed by atoms with Gasteiger partial charge >= 0.3 is 23.9 Å². The largest absolute Gasteiger partial charge is 0.425 e. The molecule has 8 nitrogen and oxygen atoms in total. The molecule has 2 atom stereocenters. The van der Waals surface area contributed by atoms with Gasteiger partial charge in [-0.2, -0.15) is 0 Å². The Kier molecular flexibility index (Phi) is 11.2. The molecular formula is C16H26O8. The van der Waals surface area contributed by atoms with E-state index in [1.165, 1.54) is 13.8 Å². The van der Waals surface area contributed by atoms with E-state index in [-0.39, 0.29) is 25.7 Å². The maximum Gasteiger partial charge on any atom is 0.309 e. The summed E-state index contributed by atoms with van der Waals surface area (Å²) in [6, 6.07) is 0. The molecule has 0 aromatic rings.